The van der Waals surface area contributed by atoms with Crippen LogP contribution in [0.5, 0.6) is 0 Å². The van der Waals surface area contributed by atoms with Gasteiger partial charge in [-0.05, 0) is 24.5 Å². The second kappa shape index (κ2) is 12.4. The Morgan fingerprint density at radius 1 is 1.28 bits per heavy atom. The Bertz CT molecular complexity index is 867. The summed E-state index contributed by atoms with van der Waals surface area (Å²) in [6, 6.07) is 3.42. The molecule has 0 aliphatic carbocycles. The zero-order valence-electron chi connectivity index (χ0n) is 18.5. The van der Waals surface area contributed by atoms with Crippen molar-refractivity contribution in [2.75, 3.05) is 57.0 Å². The number of rotatable bonds is 10. The van der Waals surface area contributed by atoms with Gasteiger partial charge in [-0.3, -0.25) is 14.7 Å². The summed E-state index contributed by atoms with van der Waals surface area (Å²) >= 11 is 1.42. The number of morpholine rings is 1. The number of aromatic nitrogens is 1. The van der Waals surface area contributed by atoms with Crippen LogP contribution in [0.3, 0.4) is 0 Å². The molecule has 1 fully saturated rings. The Hall–Kier alpha value is -2.69. The van der Waals surface area contributed by atoms with Gasteiger partial charge in [-0.1, -0.05) is 13.0 Å². The molecule has 0 unspecified atom stereocenters. The molecule has 10 heteroatoms. The first-order chi connectivity index (χ1) is 15.6. The first-order valence-electron chi connectivity index (χ1n) is 11.0. The molecule has 0 aromatic carbocycles. The van der Waals surface area contributed by atoms with Crippen LogP contribution < -0.4 is 16.4 Å². The maximum atomic E-state index is 12.7. The minimum Gasteiger partial charge on any atom is -0.396 e. The van der Waals surface area contributed by atoms with Gasteiger partial charge < -0.3 is 26.0 Å². The molecule has 1 saturated heterocycles. The van der Waals surface area contributed by atoms with Crippen molar-refractivity contribution in [3.8, 4) is 0 Å². The Morgan fingerprint density at radius 3 is 2.75 bits per heavy atom. The molecule has 0 bridgehead atoms. The van der Waals surface area contributed by atoms with Gasteiger partial charge >= 0.3 is 6.03 Å². The van der Waals surface area contributed by atoms with Crippen molar-refractivity contribution in [2.45, 2.75) is 26.3 Å². The molecule has 1 aliphatic rings. The SMILES string of the molecule is CCCNC(=O)N(CCCN1CCOCC1)Cc1ccc(C(=O)Nc2cscc2N)nc1. The molecule has 174 valence electrons. The first kappa shape index (κ1) is 24.0. The fraction of sp³-hybridized carbons (Fsp3) is 0.500. The van der Waals surface area contributed by atoms with Crippen molar-refractivity contribution in [1.82, 2.24) is 20.1 Å². The van der Waals surface area contributed by atoms with Crippen LogP contribution in [-0.4, -0.2) is 72.7 Å². The fourth-order valence-electron chi connectivity index (χ4n) is 3.37. The van der Waals surface area contributed by atoms with Gasteiger partial charge in [0, 0.05) is 56.2 Å². The van der Waals surface area contributed by atoms with E-state index in [1.165, 1.54) is 11.3 Å². The van der Waals surface area contributed by atoms with Gasteiger partial charge in [0.25, 0.3) is 5.91 Å². The van der Waals surface area contributed by atoms with Gasteiger partial charge in [-0.2, -0.15) is 0 Å². The molecule has 3 amide bonds. The molecule has 3 rings (SSSR count). The average Bonchev–Trinajstić information content (AvgIpc) is 3.22. The van der Waals surface area contributed by atoms with E-state index < -0.39 is 0 Å². The number of ether oxygens (including phenoxy) is 1. The monoisotopic (exact) mass is 460 g/mol. The number of nitrogens with one attached hydrogen (secondary N) is 2. The van der Waals surface area contributed by atoms with Crippen molar-refractivity contribution in [3.63, 3.8) is 0 Å². The van der Waals surface area contributed by atoms with Crippen LogP contribution in [0.15, 0.2) is 29.1 Å². The highest BCUT2D eigenvalue weighted by Gasteiger charge is 2.16. The number of hydrogen-bond acceptors (Lipinski definition) is 7. The zero-order chi connectivity index (χ0) is 22.8. The van der Waals surface area contributed by atoms with Gasteiger partial charge in [0.15, 0.2) is 0 Å². The Kier molecular flexibility index (Phi) is 9.27. The molecular formula is C22H32N6O3S. The van der Waals surface area contributed by atoms with Crippen LogP contribution in [0.2, 0.25) is 0 Å². The number of carbonyl (C=O) groups is 2. The van der Waals surface area contributed by atoms with Crippen LogP contribution in [-0.2, 0) is 11.3 Å². The van der Waals surface area contributed by atoms with E-state index in [1.54, 1.807) is 27.9 Å². The molecule has 0 spiro atoms. The second-order valence-corrected chi connectivity index (χ2v) is 8.45. The number of anilines is 2. The van der Waals surface area contributed by atoms with Crippen LogP contribution in [0.1, 0.15) is 35.8 Å². The lowest BCUT2D eigenvalue weighted by Gasteiger charge is -2.28. The maximum absolute atomic E-state index is 12.7. The minimum atomic E-state index is -0.315. The maximum Gasteiger partial charge on any atom is 0.317 e. The number of nitrogens with zero attached hydrogens (tertiary/aromatic N) is 3. The molecule has 4 N–H and O–H groups in total. The number of urea groups is 1. The molecule has 1 aliphatic heterocycles. The van der Waals surface area contributed by atoms with E-state index in [-0.39, 0.29) is 11.9 Å². The lowest BCUT2D eigenvalue weighted by molar-refractivity contribution is 0.0364. The standard InChI is InChI=1S/C22H32N6O3S/c1-2-6-24-22(30)28(8-3-7-27-9-11-31-12-10-27)14-17-4-5-19(25-13-17)21(29)26-20-16-32-15-18(20)23/h4-5,13,15-16H,2-3,6-12,14,23H2,1H3,(H,24,30)(H,26,29). The van der Waals surface area contributed by atoms with Crippen molar-refractivity contribution in [3.05, 3.63) is 40.3 Å². The van der Waals surface area contributed by atoms with Crippen LogP contribution in [0.25, 0.3) is 0 Å². The summed E-state index contributed by atoms with van der Waals surface area (Å²) in [7, 11) is 0. The third-order valence-corrected chi connectivity index (χ3v) is 5.95. The lowest BCUT2D eigenvalue weighted by atomic mass is 10.2. The van der Waals surface area contributed by atoms with Gasteiger partial charge in [0.1, 0.15) is 5.69 Å². The van der Waals surface area contributed by atoms with Crippen LogP contribution in [0.4, 0.5) is 16.2 Å². The first-order valence-corrected chi connectivity index (χ1v) is 11.9. The lowest BCUT2D eigenvalue weighted by Crippen LogP contribution is -2.42. The number of amides is 3. The predicted octanol–water partition coefficient (Wildman–Crippen LogP) is 2.62. The Balaban J connectivity index is 1.56. The largest absolute Gasteiger partial charge is 0.396 e. The van der Waals surface area contributed by atoms with E-state index in [0.29, 0.717) is 36.7 Å². The molecular weight excluding hydrogens is 428 g/mol. The van der Waals surface area contributed by atoms with Crippen LogP contribution >= 0.6 is 11.3 Å². The summed E-state index contributed by atoms with van der Waals surface area (Å²) in [6.07, 6.45) is 3.41. The Labute approximate surface area is 192 Å². The normalized spacial score (nSPS) is 14.2. The predicted molar refractivity (Wildman–Crippen MR) is 127 cm³/mol. The molecule has 0 saturated carbocycles. The average molecular weight is 461 g/mol. The molecule has 32 heavy (non-hydrogen) atoms. The number of hydrogen-bond donors (Lipinski definition) is 3. The van der Waals surface area contributed by atoms with E-state index in [0.717, 1.165) is 51.3 Å². The smallest absolute Gasteiger partial charge is 0.317 e. The molecule has 0 atom stereocenters. The van der Waals surface area contributed by atoms with Crippen molar-refractivity contribution < 1.29 is 14.3 Å². The number of nitrogens with two attached hydrogens (primary N) is 1. The zero-order valence-corrected chi connectivity index (χ0v) is 19.3. The molecule has 0 radical (unpaired) electrons. The van der Waals surface area contributed by atoms with Crippen molar-refractivity contribution >= 4 is 34.6 Å². The van der Waals surface area contributed by atoms with E-state index in [4.69, 9.17) is 10.5 Å². The summed E-state index contributed by atoms with van der Waals surface area (Å²) in [5.74, 6) is -0.315. The van der Waals surface area contributed by atoms with E-state index in [2.05, 4.69) is 20.5 Å². The van der Waals surface area contributed by atoms with Gasteiger partial charge in [0.2, 0.25) is 0 Å². The summed E-state index contributed by atoms with van der Waals surface area (Å²) in [5.41, 5.74) is 8.11. The number of nitrogen functional groups attached to an aromatic ring is 1. The van der Waals surface area contributed by atoms with Gasteiger partial charge in [-0.15, -0.1) is 11.3 Å². The quantitative estimate of drug-likeness (QED) is 0.502. The third-order valence-electron chi connectivity index (χ3n) is 5.19. The van der Waals surface area contributed by atoms with E-state index in [9.17, 15) is 9.59 Å². The van der Waals surface area contributed by atoms with E-state index in [1.807, 2.05) is 13.0 Å². The second-order valence-electron chi connectivity index (χ2n) is 7.71. The summed E-state index contributed by atoms with van der Waals surface area (Å²) in [5, 5.41) is 9.27. The van der Waals surface area contributed by atoms with Gasteiger partial charge in [0.05, 0.1) is 24.6 Å². The molecule has 9 nitrogen and oxygen atoms in total. The molecule has 2 aromatic rings. The summed E-state index contributed by atoms with van der Waals surface area (Å²) in [4.78, 5) is 33.5. The number of carbonyl (C=O) groups excluding carboxylic acids is 2. The fourth-order valence-corrected chi connectivity index (χ4v) is 4.05. The van der Waals surface area contributed by atoms with Crippen molar-refractivity contribution in [1.29, 1.82) is 0 Å². The third kappa shape index (κ3) is 7.18. The van der Waals surface area contributed by atoms with E-state index >= 15 is 0 Å². The molecule has 3 heterocycles. The highest BCUT2D eigenvalue weighted by molar-refractivity contribution is 7.09. The number of pyridine rings is 1. The summed E-state index contributed by atoms with van der Waals surface area (Å²) in [6.45, 7) is 8.10. The Morgan fingerprint density at radius 2 is 2.09 bits per heavy atom. The number of thiophene rings is 1. The van der Waals surface area contributed by atoms with Crippen molar-refractivity contribution in [2.24, 2.45) is 0 Å². The topological polar surface area (TPSA) is 113 Å². The highest BCUT2D eigenvalue weighted by Crippen LogP contribution is 2.23. The van der Waals surface area contributed by atoms with Gasteiger partial charge in [-0.25, -0.2) is 4.79 Å². The van der Waals surface area contributed by atoms with Crippen LogP contribution in [0, 0.1) is 0 Å². The summed E-state index contributed by atoms with van der Waals surface area (Å²) < 4.78 is 5.39. The molecule has 2 aromatic heterocycles. The highest BCUT2D eigenvalue weighted by atomic mass is 32.1. The minimum absolute atomic E-state index is 0.0800.